The van der Waals surface area contributed by atoms with Crippen molar-refractivity contribution in [2.45, 2.75) is 12.8 Å². The van der Waals surface area contributed by atoms with E-state index in [-0.39, 0.29) is 35.1 Å². The van der Waals surface area contributed by atoms with Gasteiger partial charge in [-0.3, -0.25) is 25.0 Å². The van der Waals surface area contributed by atoms with Gasteiger partial charge in [-0.05, 0) is 36.5 Å². The number of fused-ring (bicyclic) bond motifs is 1. The van der Waals surface area contributed by atoms with E-state index in [1.54, 1.807) is 43.4 Å². The molecular formula is C19H18FN5O2S. The number of aromatic nitrogens is 2. The lowest BCUT2D eigenvalue weighted by Crippen LogP contribution is -2.44. The van der Waals surface area contributed by atoms with Crippen molar-refractivity contribution < 1.29 is 9.18 Å². The first-order valence-electron chi connectivity index (χ1n) is 8.50. The van der Waals surface area contributed by atoms with E-state index in [1.807, 2.05) is 0 Å². The lowest BCUT2D eigenvalue weighted by Gasteiger charge is -2.12. The molecule has 0 saturated heterocycles. The summed E-state index contributed by atoms with van der Waals surface area (Å²) >= 11 is 5.02. The topological polar surface area (TPSA) is 88.1 Å². The van der Waals surface area contributed by atoms with Crippen molar-refractivity contribution in [2.75, 3.05) is 5.32 Å². The lowest BCUT2D eigenvalue weighted by atomic mass is 10.2. The van der Waals surface area contributed by atoms with Gasteiger partial charge in [0.2, 0.25) is 5.91 Å². The summed E-state index contributed by atoms with van der Waals surface area (Å²) < 4.78 is 15.0. The van der Waals surface area contributed by atoms with Crippen LogP contribution in [0.25, 0.3) is 10.9 Å². The Morgan fingerprint density at radius 2 is 1.86 bits per heavy atom. The highest BCUT2D eigenvalue weighted by molar-refractivity contribution is 7.80. The van der Waals surface area contributed by atoms with Crippen molar-refractivity contribution in [2.24, 2.45) is 7.05 Å². The third-order valence-electron chi connectivity index (χ3n) is 4.09. The number of hydrogen-bond donors (Lipinski definition) is 3. The van der Waals surface area contributed by atoms with Crippen LogP contribution in [0.4, 0.5) is 10.1 Å². The van der Waals surface area contributed by atoms with Crippen LogP contribution in [0.5, 0.6) is 0 Å². The summed E-state index contributed by atoms with van der Waals surface area (Å²) in [5, 5.41) is 3.23. The number of thiocarbonyl (C=S) groups is 1. The van der Waals surface area contributed by atoms with Crippen LogP contribution in [0, 0.1) is 5.82 Å². The van der Waals surface area contributed by atoms with Crippen molar-refractivity contribution in [3.05, 3.63) is 70.5 Å². The second kappa shape index (κ2) is 8.57. The maximum absolute atomic E-state index is 13.6. The van der Waals surface area contributed by atoms with Crippen molar-refractivity contribution in [3.63, 3.8) is 0 Å². The molecule has 3 rings (SSSR count). The SMILES string of the molecule is Cn1c(CCC(=O)NNC(=S)Nc2ccccc2F)nc2ccccc2c1=O. The Kier molecular flexibility index (Phi) is 5.95. The number of rotatable bonds is 4. The molecule has 0 atom stereocenters. The van der Waals surface area contributed by atoms with Crippen molar-refractivity contribution in [1.82, 2.24) is 20.4 Å². The number of nitrogens with zero attached hydrogens (tertiary/aromatic N) is 2. The monoisotopic (exact) mass is 399 g/mol. The number of carbonyl (C=O) groups is 1. The van der Waals surface area contributed by atoms with Gasteiger partial charge in [-0.2, -0.15) is 0 Å². The Balaban J connectivity index is 1.55. The molecule has 0 aliphatic rings. The quantitative estimate of drug-likeness (QED) is 0.460. The summed E-state index contributed by atoms with van der Waals surface area (Å²) in [6.07, 6.45) is 0.367. The number of para-hydroxylation sites is 2. The largest absolute Gasteiger partial charge is 0.329 e. The number of anilines is 1. The van der Waals surface area contributed by atoms with Crippen LogP contribution in [0.15, 0.2) is 53.3 Å². The second-order valence-corrected chi connectivity index (χ2v) is 6.42. The van der Waals surface area contributed by atoms with Gasteiger partial charge in [0.15, 0.2) is 5.11 Å². The third kappa shape index (κ3) is 4.49. The van der Waals surface area contributed by atoms with E-state index in [0.29, 0.717) is 16.7 Å². The van der Waals surface area contributed by atoms with E-state index < -0.39 is 5.82 Å². The van der Waals surface area contributed by atoms with Crippen LogP contribution in [0.1, 0.15) is 12.2 Å². The summed E-state index contributed by atoms with van der Waals surface area (Å²) in [5.74, 6) is -0.299. The van der Waals surface area contributed by atoms with Crippen molar-refractivity contribution in [3.8, 4) is 0 Å². The highest BCUT2D eigenvalue weighted by Crippen LogP contribution is 2.12. The summed E-state index contributed by atoms with van der Waals surface area (Å²) in [4.78, 5) is 28.9. The number of carbonyl (C=O) groups excluding carboxylic acids is 1. The van der Waals surface area contributed by atoms with Crippen LogP contribution in [-0.2, 0) is 18.3 Å². The maximum Gasteiger partial charge on any atom is 0.261 e. The van der Waals surface area contributed by atoms with Gasteiger partial charge in [-0.15, -0.1) is 0 Å². The third-order valence-corrected chi connectivity index (χ3v) is 4.29. The van der Waals surface area contributed by atoms with E-state index in [1.165, 1.54) is 16.7 Å². The molecule has 144 valence electrons. The molecular weight excluding hydrogens is 381 g/mol. The van der Waals surface area contributed by atoms with E-state index in [4.69, 9.17) is 12.2 Å². The standard InChI is InChI=1S/C19H18FN5O2S/c1-25-16(21-14-8-4-2-6-12(14)18(25)27)10-11-17(26)23-24-19(28)22-15-9-5-3-7-13(15)20/h2-9H,10-11H2,1H3,(H,23,26)(H2,22,24,28). The predicted octanol–water partition coefficient (Wildman–Crippen LogP) is 2.02. The number of amides is 1. The van der Waals surface area contributed by atoms with Crippen molar-refractivity contribution in [1.29, 1.82) is 0 Å². The molecule has 1 amide bonds. The second-order valence-electron chi connectivity index (χ2n) is 6.02. The molecule has 0 unspecified atom stereocenters. The minimum atomic E-state index is -0.457. The first-order chi connectivity index (χ1) is 13.5. The molecule has 3 N–H and O–H groups in total. The highest BCUT2D eigenvalue weighted by atomic mass is 32.1. The van der Waals surface area contributed by atoms with Gasteiger partial charge in [0.05, 0.1) is 16.6 Å². The van der Waals surface area contributed by atoms with E-state index in [9.17, 15) is 14.0 Å². The molecule has 0 bridgehead atoms. The van der Waals surface area contributed by atoms with Gasteiger partial charge in [0, 0.05) is 19.9 Å². The molecule has 2 aromatic carbocycles. The van der Waals surface area contributed by atoms with Crippen LogP contribution in [-0.4, -0.2) is 20.6 Å². The number of hydrazine groups is 1. The fourth-order valence-electron chi connectivity index (χ4n) is 2.62. The van der Waals surface area contributed by atoms with Gasteiger partial charge in [-0.25, -0.2) is 9.37 Å². The molecule has 0 aliphatic carbocycles. The Labute approximate surface area is 165 Å². The molecule has 9 heteroatoms. The average Bonchev–Trinajstić information content (AvgIpc) is 2.70. The zero-order chi connectivity index (χ0) is 20.1. The molecule has 0 spiro atoms. The number of nitrogens with one attached hydrogen (secondary N) is 3. The number of halogens is 1. The van der Waals surface area contributed by atoms with Gasteiger partial charge >= 0.3 is 0 Å². The minimum absolute atomic E-state index is 0.0506. The summed E-state index contributed by atoms with van der Waals surface area (Å²) in [6.45, 7) is 0. The predicted molar refractivity (Wildman–Crippen MR) is 109 cm³/mol. The average molecular weight is 399 g/mol. The Hall–Kier alpha value is -3.33. The summed E-state index contributed by atoms with van der Waals surface area (Å²) in [6, 6.07) is 13.1. The molecule has 0 saturated carbocycles. The molecule has 0 fully saturated rings. The van der Waals surface area contributed by atoms with E-state index >= 15 is 0 Å². The number of hydrogen-bond acceptors (Lipinski definition) is 4. The molecule has 1 heterocycles. The minimum Gasteiger partial charge on any atom is -0.329 e. The number of aryl methyl sites for hydroxylation is 1. The molecule has 1 aromatic heterocycles. The number of benzene rings is 2. The molecule has 7 nitrogen and oxygen atoms in total. The smallest absolute Gasteiger partial charge is 0.261 e. The van der Waals surface area contributed by atoms with Crippen LogP contribution >= 0.6 is 12.2 Å². The summed E-state index contributed by atoms with van der Waals surface area (Å²) in [5.41, 5.74) is 5.58. The summed E-state index contributed by atoms with van der Waals surface area (Å²) in [7, 11) is 1.63. The van der Waals surface area contributed by atoms with E-state index in [0.717, 1.165) is 0 Å². The molecule has 0 radical (unpaired) electrons. The maximum atomic E-state index is 13.6. The Morgan fingerprint density at radius 3 is 2.64 bits per heavy atom. The van der Waals surface area contributed by atoms with Gasteiger partial charge in [0.1, 0.15) is 11.6 Å². The van der Waals surface area contributed by atoms with Crippen LogP contribution < -0.4 is 21.7 Å². The van der Waals surface area contributed by atoms with Crippen LogP contribution in [0.2, 0.25) is 0 Å². The first-order valence-corrected chi connectivity index (χ1v) is 8.91. The normalized spacial score (nSPS) is 10.5. The fourth-order valence-corrected chi connectivity index (χ4v) is 2.78. The highest BCUT2D eigenvalue weighted by Gasteiger charge is 2.10. The van der Waals surface area contributed by atoms with E-state index in [2.05, 4.69) is 21.2 Å². The van der Waals surface area contributed by atoms with Gasteiger partial charge in [0.25, 0.3) is 5.56 Å². The fraction of sp³-hybridized carbons (Fsp3) is 0.158. The van der Waals surface area contributed by atoms with Gasteiger partial charge < -0.3 is 5.32 Å². The van der Waals surface area contributed by atoms with Crippen LogP contribution in [0.3, 0.4) is 0 Å². The zero-order valence-corrected chi connectivity index (χ0v) is 15.8. The Morgan fingerprint density at radius 1 is 1.14 bits per heavy atom. The first kappa shape index (κ1) is 19.4. The van der Waals surface area contributed by atoms with Crippen molar-refractivity contribution >= 4 is 39.8 Å². The molecule has 28 heavy (non-hydrogen) atoms. The molecule has 0 aliphatic heterocycles. The Bertz CT molecular complexity index is 1100. The lowest BCUT2D eigenvalue weighted by molar-refractivity contribution is -0.121. The van der Waals surface area contributed by atoms with Gasteiger partial charge in [-0.1, -0.05) is 24.3 Å². The molecule has 3 aromatic rings. The zero-order valence-electron chi connectivity index (χ0n) is 15.0.